The van der Waals surface area contributed by atoms with Crippen LogP contribution in [0.3, 0.4) is 0 Å². The monoisotopic (exact) mass is 447 g/mol. The predicted molar refractivity (Wildman–Crippen MR) is 112 cm³/mol. The quantitative estimate of drug-likeness (QED) is 0.563. The first-order chi connectivity index (χ1) is 13.0. The molecule has 0 N–H and O–H groups in total. The van der Waals surface area contributed by atoms with Gasteiger partial charge in [0.2, 0.25) is 11.1 Å². The maximum absolute atomic E-state index is 12.7. The van der Waals surface area contributed by atoms with Gasteiger partial charge in [0.15, 0.2) is 5.65 Å². The zero-order chi connectivity index (χ0) is 19.1. The second-order valence-corrected chi connectivity index (χ2v) is 9.06. The Morgan fingerprint density at radius 3 is 2.74 bits per heavy atom. The van der Waals surface area contributed by atoms with E-state index in [0.717, 1.165) is 39.4 Å². The summed E-state index contributed by atoms with van der Waals surface area (Å²) < 4.78 is 3.02. The molecule has 1 aliphatic rings. The van der Waals surface area contributed by atoms with E-state index in [2.05, 4.69) is 45.0 Å². The topological polar surface area (TPSA) is 63.9 Å². The standard InChI is InChI=1S/C19H22BrN5OS/c1-11-5-4-6-12(2)25(11)16(26)10-27-19-21-18-17(22-23-19)14-9-13(20)7-8-15(14)24(18)3/h7-9,11-12H,4-6,10H2,1-3H3/t11-,12+. The van der Waals surface area contributed by atoms with Crippen LogP contribution in [0.1, 0.15) is 33.1 Å². The van der Waals surface area contributed by atoms with Crippen molar-refractivity contribution in [2.75, 3.05) is 5.75 Å². The van der Waals surface area contributed by atoms with Gasteiger partial charge in [0.25, 0.3) is 0 Å². The molecule has 142 valence electrons. The first kappa shape index (κ1) is 18.7. The number of rotatable bonds is 3. The number of thioether (sulfide) groups is 1. The molecular weight excluding hydrogens is 426 g/mol. The van der Waals surface area contributed by atoms with Crippen molar-refractivity contribution in [1.29, 1.82) is 0 Å². The summed E-state index contributed by atoms with van der Waals surface area (Å²) in [5.74, 6) is 0.501. The van der Waals surface area contributed by atoms with Gasteiger partial charge in [-0.3, -0.25) is 4.79 Å². The number of nitrogens with zero attached hydrogens (tertiary/aromatic N) is 5. The molecule has 6 nitrogen and oxygen atoms in total. The summed E-state index contributed by atoms with van der Waals surface area (Å²) in [5.41, 5.74) is 2.62. The highest BCUT2D eigenvalue weighted by molar-refractivity contribution is 9.10. The summed E-state index contributed by atoms with van der Waals surface area (Å²) in [7, 11) is 1.98. The van der Waals surface area contributed by atoms with Crippen molar-refractivity contribution < 1.29 is 4.79 Å². The van der Waals surface area contributed by atoms with Crippen LogP contribution in [0.4, 0.5) is 0 Å². The third-order valence-electron chi connectivity index (χ3n) is 5.35. The average Bonchev–Trinajstić information content (AvgIpc) is 2.91. The van der Waals surface area contributed by atoms with Crippen LogP contribution in [0.5, 0.6) is 0 Å². The van der Waals surface area contributed by atoms with E-state index < -0.39 is 0 Å². The summed E-state index contributed by atoms with van der Waals surface area (Å²) in [4.78, 5) is 19.4. The highest BCUT2D eigenvalue weighted by atomic mass is 79.9. The number of carbonyl (C=O) groups excluding carboxylic acids is 1. The van der Waals surface area contributed by atoms with Crippen molar-refractivity contribution in [3.8, 4) is 0 Å². The number of fused-ring (bicyclic) bond motifs is 3. The molecule has 2 aromatic heterocycles. The molecule has 3 heterocycles. The summed E-state index contributed by atoms with van der Waals surface area (Å²) in [6.07, 6.45) is 3.35. The van der Waals surface area contributed by atoms with Gasteiger partial charge in [0.05, 0.1) is 11.3 Å². The minimum atomic E-state index is 0.157. The van der Waals surface area contributed by atoms with Gasteiger partial charge in [0, 0.05) is 29.0 Å². The Morgan fingerprint density at radius 1 is 1.26 bits per heavy atom. The number of benzene rings is 1. The predicted octanol–water partition coefficient (Wildman–Crippen LogP) is 4.16. The lowest BCUT2D eigenvalue weighted by Gasteiger charge is -2.39. The van der Waals surface area contributed by atoms with E-state index in [0.29, 0.717) is 23.0 Å². The van der Waals surface area contributed by atoms with Crippen molar-refractivity contribution >= 4 is 55.7 Å². The maximum atomic E-state index is 12.7. The Hall–Kier alpha value is -1.67. The van der Waals surface area contributed by atoms with Crippen LogP contribution in [0.25, 0.3) is 22.1 Å². The fourth-order valence-corrected chi connectivity index (χ4v) is 5.00. The van der Waals surface area contributed by atoms with Crippen LogP contribution in [-0.4, -0.2) is 48.4 Å². The van der Waals surface area contributed by atoms with Gasteiger partial charge in [-0.05, 0) is 51.3 Å². The number of carbonyl (C=O) groups is 1. The van der Waals surface area contributed by atoms with Gasteiger partial charge in [-0.1, -0.05) is 27.7 Å². The van der Waals surface area contributed by atoms with Gasteiger partial charge in [-0.15, -0.1) is 10.2 Å². The highest BCUT2D eigenvalue weighted by Crippen LogP contribution is 2.29. The van der Waals surface area contributed by atoms with E-state index in [1.54, 1.807) is 0 Å². The molecule has 27 heavy (non-hydrogen) atoms. The number of aryl methyl sites for hydroxylation is 1. The molecule has 1 amide bonds. The Kier molecular flexibility index (Phi) is 5.11. The molecule has 0 bridgehead atoms. The molecule has 2 atom stereocenters. The lowest BCUT2D eigenvalue weighted by Crippen LogP contribution is -2.48. The third-order valence-corrected chi connectivity index (χ3v) is 6.66. The highest BCUT2D eigenvalue weighted by Gasteiger charge is 2.28. The zero-order valence-electron chi connectivity index (χ0n) is 15.6. The number of aromatic nitrogens is 4. The summed E-state index contributed by atoms with van der Waals surface area (Å²) >= 11 is 4.87. The fraction of sp³-hybridized carbons (Fsp3) is 0.474. The van der Waals surface area contributed by atoms with Crippen LogP contribution >= 0.6 is 27.7 Å². The zero-order valence-corrected chi connectivity index (χ0v) is 18.0. The Balaban J connectivity index is 1.57. The van der Waals surface area contributed by atoms with Crippen LogP contribution in [-0.2, 0) is 11.8 Å². The molecule has 8 heteroatoms. The molecule has 0 unspecified atom stereocenters. The molecule has 0 saturated carbocycles. The minimum absolute atomic E-state index is 0.157. The van der Waals surface area contributed by atoms with Gasteiger partial charge in [0.1, 0.15) is 5.52 Å². The summed E-state index contributed by atoms with van der Waals surface area (Å²) in [6.45, 7) is 4.27. The summed E-state index contributed by atoms with van der Waals surface area (Å²) in [6, 6.07) is 6.69. The van der Waals surface area contributed by atoms with Gasteiger partial charge in [-0.2, -0.15) is 0 Å². The van der Waals surface area contributed by atoms with Crippen molar-refractivity contribution in [3.05, 3.63) is 22.7 Å². The largest absolute Gasteiger partial charge is 0.337 e. The van der Waals surface area contributed by atoms with Crippen molar-refractivity contribution in [3.63, 3.8) is 0 Å². The molecule has 0 aliphatic carbocycles. The molecule has 3 aromatic rings. The first-order valence-electron chi connectivity index (χ1n) is 9.18. The third kappa shape index (κ3) is 3.45. The lowest BCUT2D eigenvalue weighted by atomic mass is 9.98. The Bertz CT molecular complexity index is 1010. The SMILES string of the molecule is C[C@@H]1CCC[C@H](C)N1C(=O)CSc1nnc2c3cc(Br)ccc3n(C)c2n1. The van der Waals surface area contributed by atoms with Crippen molar-refractivity contribution in [2.24, 2.45) is 7.05 Å². The second kappa shape index (κ2) is 7.39. The van der Waals surface area contributed by atoms with Gasteiger partial charge < -0.3 is 9.47 Å². The minimum Gasteiger partial charge on any atom is -0.337 e. The van der Waals surface area contributed by atoms with E-state index in [1.165, 1.54) is 18.2 Å². The van der Waals surface area contributed by atoms with Crippen LogP contribution in [0.15, 0.2) is 27.8 Å². The molecular formula is C19H22BrN5OS. The van der Waals surface area contributed by atoms with E-state index in [4.69, 9.17) is 0 Å². The number of hydrogen-bond acceptors (Lipinski definition) is 5. The van der Waals surface area contributed by atoms with Crippen LogP contribution in [0.2, 0.25) is 0 Å². The van der Waals surface area contributed by atoms with Crippen molar-refractivity contribution in [1.82, 2.24) is 24.6 Å². The number of piperidine rings is 1. The molecule has 0 radical (unpaired) electrons. The molecule has 1 aliphatic heterocycles. The number of hydrogen-bond donors (Lipinski definition) is 0. The average molecular weight is 448 g/mol. The Labute approximate surface area is 170 Å². The fourth-order valence-electron chi connectivity index (χ4n) is 3.99. The lowest BCUT2D eigenvalue weighted by molar-refractivity contribution is -0.134. The maximum Gasteiger partial charge on any atom is 0.233 e. The van der Waals surface area contributed by atoms with Crippen LogP contribution in [0, 0.1) is 0 Å². The van der Waals surface area contributed by atoms with E-state index >= 15 is 0 Å². The van der Waals surface area contributed by atoms with E-state index in [-0.39, 0.29) is 5.91 Å². The molecule has 0 spiro atoms. The van der Waals surface area contributed by atoms with E-state index in [9.17, 15) is 4.79 Å². The Morgan fingerprint density at radius 2 is 2.00 bits per heavy atom. The molecule has 4 rings (SSSR count). The number of halogens is 1. The van der Waals surface area contributed by atoms with Crippen LogP contribution < -0.4 is 0 Å². The van der Waals surface area contributed by atoms with Crippen molar-refractivity contribution in [2.45, 2.75) is 50.4 Å². The molecule has 1 saturated heterocycles. The second-order valence-electron chi connectivity index (χ2n) is 7.21. The molecule has 1 fully saturated rings. The molecule has 1 aromatic carbocycles. The smallest absolute Gasteiger partial charge is 0.233 e. The number of likely N-dealkylation sites (tertiary alicyclic amines) is 1. The summed E-state index contributed by atoms with van der Waals surface area (Å²) in [5, 5.41) is 10.2. The first-order valence-corrected chi connectivity index (χ1v) is 11.0. The number of amides is 1. The normalized spacial score (nSPS) is 20.5. The van der Waals surface area contributed by atoms with E-state index in [1.807, 2.05) is 34.7 Å². The van der Waals surface area contributed by atoms with Gasteiger partial charge in [-0.25, -0.2) is 4.98 Å². The van der Waals surface area contributed by atoms with Gasteiger partial charge >= 0.3 is 0 Å².